The zero-order chi connectivity index (χ0) is 9.02. The van der Waals surface area contributed by atoms with E-state index in [0.29, 0.717) is 0 Å². The third-order valence-electron chi connectivity index (χ3n) is 1.31. The summed E-state index contributed by atoms with van der Waals surface area (Å²) in [7, 11) is 0. The minimum absolute atomic E-state index is 0.162. The highest BCUT2D eigenvalue weighted by Gasteiger charge is 2.09. The smallest absolute Gasteiger partial charge is 0.0582 e. The molecule has 0 amide bonds. The fourth-order valence-corrected chi connectivity index (χ4v) is 0.573. The quantitative estimate of drug-likeness (QED) is 0.466. The second-order valence-electron chi connectivity index (χ2n) is 2.38. The molecular weight excluding hydrogens is 150 g/mol. The Balaban J connectivity index is 3.84. The van der Waals surface area contributed by atoms with Gasteiger partial charge in [-0.2, -0.15) is 0 Å². The van der Waals surface area contributed by atoms with Crippen LogP contribution in [0.5, 0.6) is 0 Å². The van der Waals surface area contributed by atoms with Gasteiger partial charge in [-0.25, -0.2) is 0 Å². The Labute approximate surface area is 63.8 Å². The van der Waals surface area contributed by atoms with E-state index in [2.05, 4.69) is 0 Å². The van der Waals surface area contributed by atoms with Crippen LogP contribution in [0.25, 0.3) is 0 Å². The van der Waals surface area contributed by atoms with Crippen LogP contribution in [0, 0.1) is 5.92 Å². The summed E-state index contributed by atoms with van der Waals surface area (Å²) in [6.45, 7) is 1.33. The van der Waals surface area contributed by atoms with Gasteiger partial charge < -0.3 is 25.5 Å². The summed E-state index contributed by atoms with van der Waals surface area (Å²) in [6.07, 6.45) is -0.162. The highest BCUT2D eigenvalue weighted by atomic mass is 16.4. The van der Waals surface area contributed by atoms with Crippen molar-refractivity contribution in [3.8, 4) is 0 Å². The number of rotatable bonds is 4. The Morgan fingerprint density at radius 2 is 1.82 bits per heavy atom. The average Bonchev–Trinajstić information content (AvgIpc) is 1.87. The fraction of sp³-hybridized carbons (Fsp3) is 0.667. The number of carbonyl (C=O) groups excluding carboxylic acids is 2. The largest absolute Gasteiger partial charge is 0.550 e. The van der Waals surface area contributed by atoms with Crippen molar-refractivity contribution in [3.05, 3.63) is 0 Å². The molecule has 0 unspecified atom stereocenters. The molecule has 0 rings (SSSR count). The van der Waals surface area contributed by atoms with Gasteiger partial charge in [-0.1, -0.05) is 6.92 Å². The molecule has 0 saturated carbocycles. The SMILES string of the molecule is C[C@@H](C[C@H](N)C(=O)[O-])C(=O)[O-]. The lowest BCUT2D eigenvalue weighted by Crippen LogP contribution is -2.44. The molecule has 2 atom stereocenters. The lowest BCUT2D eigenvalue weighted by Gasteiger charge is -2.18. The van der Waals surface area contributed by atoms with Crippen molar-refractivity contribution in [1.29, 1.82) is 0 Å². The summed E-state index contributed by atoms with van der Waals surface area (Å²) < 4.78 is 0. The molecule has 5 nitrogen and oxygen atoms in total. The van der Waals surface area contributed by atoms with Gasteiger partial charge in [0.05, 0.1) is 5.97 Å². The highest BCUT2D eigenvalue weighted by molar-refractivity contribution is 5.73. The number of hydrogen-bond acceptors (Lipinski definition) is 5. The van der Waals surface area contributed by atoms with E-state index < -0.39 is 23.9 Å². The summed E-state index contributed by atoms with van der Waals surface area (Å²) in [5, 5.41) is 20.1. The predicted molar refractivity (Wildman–Crippen MR) is 31.8 cm³/mol. The molecule has 0 aliphatic heterocycles. The van der Waals surface area contributed by atoms with Crippen molar-refractivity contribution in [1.82, 2.24) is 0 Å². The number of nitrogens with two attached hydrogens (primary N) is 1. The van der Waals surface area contributed by atoms with Crippen molar-refractivity contribution in [2.75, 3.05) is 0 Å². The van der Waals surface area contributed by atoms with E-state index in [-0.39, 0.29) is 6.42 Å². The number of aliphatic carboxylic acids is 2. The summed E-state index contributed by atoms with van der Waals surface area (Å²) in [5.74, 6) is -3.61. The predicted octanol–water partition coefficient (Wildman–Crippen LogP) is -3.16. The first-order valence-electron chi connectivity index (χ1n) is 3.12. The van der Waals surface area contributed by atoms with E-state index in [0.717, 1.165) is 0 Å². The van der Waals surface area contributed by atoms with Crippen LogP contribution in [0.1, 0.15) is 13.3 Å². The summed E-state index contributed by atoms with van der Waals surface area (Å²) >= 11 is 0. The Kier molecular flexibility index (Phi) is 3.53. The molecule has 2 N–H and O–H groups in total. The molecule has 5 heteroatoms. The molecule has 0 bridgehead atoms. The maximum Gasteiger partial charge on any atom is 0.0582 e. The second-order valence-corrected chi connectivity index (χ2v) is 2.38. The topological polar surface area (TPSA) is 106 Å². The van der Waals surface area contributed by atoms with Crippen LogP contribution < -0.4 is 15.9 Å². The zero-order valence-corrected chi connectivity index (χ0v) is 6.07. The van der Waals surface area contributed by atoms with E-state index >= 15 is 0 Å². The monoisotopic (exact) mass is 159 g/mol. The molecule has 0 spiro atoms. The van der Waals surface area contributed by atoms with Gasteiger partial charge in [0, 0.05) is 12.0 Å². The molecule has 0 aliphatic rings. The molecule has 0 fully saturated rings. The van der Waals surface area contributed by atoms with Crippen molar-refractivity contribution < 1.29 is 19.8 Å². The highest BCUT2D eigenvalue weighted by Crippen LogP contribution is 2.01. The van der Waals surface area contributed by atoms with E-state index in [1.807, 2.05) is 0 Å². The van der Waals surface area contributed by atoms with Crippen LogP contribution >= 0.6 is 0 Å². The Morgan fingerprint density at radius 1 is 1.36 bits per heavy atom. The fourth-order valence-electron chi connectivity index (χ4n) is 0.573. The normalized spacial score (nSPS) is 15.5. The average molecular weight is 159 g/mol. The molecular formula is C6H9NO4-2. The number of carbonyl (C=O) groups is 2. The number of hydrogen-bond donors (Lipinski definition) is 1. The van der Waals surface area contributed by atoms with Gasteiger partial charge in [0.2, 0.25) is 0 Å². The molecule has 0 aromatic rings. The van der Waals surface area contributed by atoms with E-state index in [1.165, 1.54) is 6.92 Å². The molecule has 11 heavy (non-hydrogen) atoms. The van der Waals surface area contributed by atoms with Crippen LogP contribution in [0.2, 0.25) is 0 Å². The van der Waals surface area contributed by atoms with Crippen molar-refractivity contribution in [2.24, 2.45) is 11.7 Å². The van der Waals surface area contributed by atoms with Crippen LogP contribution in [0.15, 0.2) is 0 Å². The minimum atomic E-state index is -1.45. The van der Waals surface area contributed by atoms with Crippen molar-refractivity contribution in [3.63, 3.8) is 0 Å². The summed E-state index contributed by atoms with van der Waals surface area (Å²) in [5.41, 5.74) is 5.00. The van der Waals surface area contributed by atoms with Gasteiger partial charge in [-0.3, -0.25) is 0 Å². The van der Waals surface area contributed by atoms with Crippen LogP contribution in [0.4, 0.5) is 0 Å². The molecule has 0 aliphatic carbocycles. The van der Waals surface area contributed by atoms with Crippen molar-refractivity contribution >= 4 is 11.9 Å². The Morgan fingerprint density at radius 3 is 2.09 bits per heavy atom. The lowest BCUT2D eigenvalue weighted by molar-refractivity contribution is -0.313. The first-order chi connectivity index (χ1) is 4.95. The molecule has 0 aromatic carbocycles. The maximum absolute atomic E-state index is 10.1. The standard InChI is InChI=1S/C6H11NO4/c1-3(5(8)9)2-4(7)6(10)11/h3-4H,2,7H2,1H3,(H,8,9)(H,10,11)/p-2/t3-,4-/m0/s1. The Hall–Kier alpha value is -1.10. The number of carboxylic acids is 2. The molecule has 0 aromatic heterocycles. The third kappa shape index (κ3) is 3.57. The first kappa shape index (κ1) is 9.90. The van der Waals surface area contributed by atoms with Crippen molar-refractivity contribution in [2.45, 2.75) is 19.4 Å². The minimum Gasteiger partial charge on any atom is -0.550 e. The van der Waals surface area contributed by atoms with Gasteiger partial charge in [0.1, 0.15) is 0 Å². The maximum atomic E-state index is 10.1. The Bertz CT molecular complexity index is 150. The second kappa shape index (κ2) is 3.92. The molecule has 0 radical (unpaired) electrons. The molecule has 64 valence electrons. The molecule has 0 saturated heterocycles. The van der Waals surface area contributed by atoms with Crippen LogP contribution in [-0.4, -0.2) is 18.0 Å². The summed E-state index contributed by atoms with van der Waals surface area (Å²) in [4.78, 5) is 20.1. The van der Waals surface area contributed by atoms with Crippen LogP contribution in [-0.2, 0) is 9.59 Å². The van der Waals surface area contributed by atoms with Gasteiger partial charge in [-0.05, 0) is 12.3 Å². The van der Waals surface area contributed by atoms with Crippen LogP contribution in [0.3, 0.4) is 0 Å². The van der Waals surface area contributed by atoms with E-state index in [1.54, 1.807) is 0 Å². The number of carboxylic acid groups (broad SMARTS) is 2. The summed E-state index contributed by atoms with van der Waals surface area (Å²) in [6, 6.07) is -1.23. The van der Waals surface area contributed by atoms with Gasteiger partial charge in [-0.15, -0.1) is 0 Å². The first-order valence-corrected chi connectivity index (χ1v) is 3.12. The van der Waals surface area contributed by atoms with Gasteiger partial charge in [0.15, 0.2) is 0 Å². The van der Waals surface area contributed by atoms with Gasteiger partial charge in [0.25, 0.3) is 0 Å². The lowest BCUT2D eigenvalue weighted by atomic mass is 10.0. The van der Waals surface area contributed by atoms with E-state index in [9.17, 15) is 19.8 Å². The molecule has 0 heterocycles. The van der Waals surface area contributed by atoms with Gasteiger partial charge >= 0.3 is 0 Å². The zero-order valence-electron chi connectivity index (χ0n) is 6.07. The van der Waals surface area contributed by atoms with E-state index in [4.69, 9.17) is 5.73 Å². The third-order valence-corrected chi connectivity index (χ3v) is 1.31.